The van der Waals surface area contributed by atoms with Crippen LogP contribution in [-0.4, -0.2) is 54.0 Å². The minimum absolute atomic E-state index is 0. The van der Waals surface area contributed by atoms with Gasteiger partial charge < -0.3 is 15.5 Å². The van der Waals surface area contributed by atoms with Crippen LogP contribution in [0.25, 0.3) is 0 Å². The van der Waals surface area contributed by atoms with Crippen molar-refractivity contribution in [2.24, 2.45) is 11.3 Å². The van der Waals surface area contributed by atoms with Gasteiger partial charge in [0.25, 0.3) is 0 Å². The van der Waals surface area contributed by atoms with Gasteiger partial charge in [0, 0.05) is 37.7 Å². The Morgan fingerprint density at radius 2 is 2.00 bits per heavy atom. The van der Waals surface area contributed by atoms with Crippen molar-refractivity contribution in [3.05, 3.63) is 0 Å². The Morgan fingerprint density at radius 3 is 2.52 bits per heavy atom. The molecule has 0 aromatic rings. The average Bonchev–Trinajstić information content (AvgIpc) is 2.72. The van der Waals surface area contributed by atoms with Crippen LogP contribution < -0.4 is 10.6 Å². The Hall–Kier alpha value is -0.460. The van der Waals surface area contributed by atoms with E-state index in [1.54, 1.807) is 16.7 Å². The predicted molar refractivity (Wildman–Crippen MR) is 88.6 cm³/mol. The first kappa shape index (κ1) is 18.6. The molecule has 2 amide bonds. The van der Waals surface area contributed by atoms with E-state index in [1.807, 2.05) is 20.8 Å². The highest BCUT2D eigenvalue weighted by Gasteiger charge is 2.36. The van der Waals surface area contributed by atoms with Crippen molar-refractivity contribution < 1.29 is 9.59 Å². The first-order valence-corrected chi connectivity index (χ1v) is 8.38. The Morgan fingerprint density at radius 1 is 1.33 bits per heavy atom. The van der Waals surface area contributed by atoms with Gasteiger partial charge in [-0.3, -0.25) is 9.59 Å². The van der Waals surface area contributed by atoms with Gasteiger partial charge in [0.15, 0.2) is 0 Å². The maximum atomic E-state index is 12.3. The lowest BCUT2D eigenvalue weighted by Crippen LogP contribution is -2.52. The summed E-state index contributed by atoms with van der Waals surface area (Å²) < 4.78 is 0. The summed E-state index contributed by atoms with van der Waals surface area (Å²) in [5.41, 5.74) is -0.0387. The molecule has 21 heavy (non-hydrogen) atoms. The molecule has 2 saturated heterocycles. The Labute approximate surface area is 137 Å². The molecule has 0 aromatic heterocycles. The fourth-order valence-corrected chi connectivity index (χ4v) is 3.50. The number of carbonyl (C=O) groups excluding carboxylic acids is 2. The van der Waals surface area contributed by atoms with Crippen molar-refractivity contribution in [3.8, 4) is 0 Å². The molecule has 2 N–H and O–H groups in total. The average molecular weight is 336 g/mol. The lowest BCUT2D eigenvalue weighted by atomic mass is 9.91. The molecule has 2 rings (SSSR count). The monoisotopic (exact) mass is 335 g/mol. The molecular weight excluding hydrogens is 310 g/mol. The Bertz CT molecular complexity index is 383. The second-order valence-corrected chi connectivity index (χ2v) is 7.89. The van der Waals surface area contributed by atoms with Crippen molar-refractivity contribution >= 4 is 36.0 Å². The fraction of sp³-hybridized carbons (Fsp3) is 0.857. The van der Waals surface area contributed by atoms with E-state index in [-0.39, 0.29) is 35.7 Å². The highest BCUT2D eigenvalue weighted by Crippen LogP contribution is 2.26. The van der Waals surface area contributed by atoms with E-state index in [0.29, 0.717) is 30.5 Å². The zero-order valence-corrected chi connectivity index (χ0v) is 14.6. The van der Waals surface area contributed by atoms with Gasteiger partial charge in [-0.05, 0) is 5.41 Å². The number of halogens is 1. The van der Waals surface area contributed by atoms with E-state index >= 15 is 0 Å². The second-order valence-electron chi connectivity index (χ2n) is 6.89. The summed E-state index contributed by atoms with van der Waals surface area (Å²) in [6.07, 6.45) is 0.490. The third-order valence-corrected chi connectivity index (χ3v) is 4.63. The number of hydrogen-bond acceptors (Lipinski definition) is 4. The van der Waals surface area contributed by atoms with Gasteiger partial charge >= 0.3 is 0 Å². The van der Waals surface area contributed by atoms with Crippen molar-refractivity contribution in [3.63, 3.8) is 0 Å². The Kier molecular flexibility index (Phi) is 6.81. The van der Waals surface area contributed by atoms with Gasteiger partial charge in [0.1, 0.15) is 6.04 Å². The maximum absolute atomic E-state index is 12.3. The number of hydrogen-bond donors (Lipinski definition) is 2. The third kappa shape index (κ3) is 5.34. The summed E-state index contributed by atoms with van der Waals surface area (Å²) >= 11 is 1.66. The fourth-order valence-electron chi connectivity index (χ4n) is 2.32. The van der Waals surface area contributed by atoms with Gasteiger partial charge in [-0.1, -0.05) is 20.8 Å². The van der Waals surface area contributed by atoms with Crippen molar-refractivity contribution in [1.82, 2.24) is 15.5 Å². The SMILES string of the molecule is CC(C)(C)CC(=O)N1CSCC1C(=O)NCC1CNC1.Cl. The molecule has 1 atom stereocenters. The van der Waals surface area contributed by atoms with E-state index in [2.05, 4.69) is 10.6 Å². The molecule has 0 aromatic carbocycles. The molecule has 0 saturated carbocycles. The summed E-state index contributed by atoms with van der Waals surface area (Å²) in [6.45, 7) is 8.82. The van der Waals surface area contributed by atoms with E-state index in [0.717, 1.165) is 13.1 Å². The second kappa shape index (κ2) is 7.70. The third-order valence-electron chi connectivity index (χ3n) is 3.62. The van der Waals surface area contributed by atoms with Crippen LogP contribution in [0.4, 0.5) is 0 Å². The standard InChI is InChI=1S/C14H25N3O2S.ClH/c1-14(2,3)4-12(18)17-9-20-8-11(17)13(19)16-7-10-5-15-6-10;/h10-11,15H,4-9H2,1-3H3,(H,16,19);1H. The summed E-state index contributed by atoms with van der Waals surface area (Å²) in [5.74, 6) is 1.99. The quantitative estimate of drug-likeness (QED) is 0.807. The zero-order valence-electron chi connectivity index (χ0n) is 13.0. The van der Waals surface area contributed by atoms with Crippen LogP contribution >= 0.6 is 24.2 Å². The topological polar surface area (TPSA) is 61.4 Å². The van der Waals surface area contributed by atoms with Crippen LogP contribution in [0.15, 0.2) is 0 Å². The number of amides is 2. The largest absolute Gasteiger partial charge is 0.354 e. The molecule has 0 aliphatic carbocycles. The number of nitrogens with one attached hydrogen (secondary N) is 2. The number of nitrogens with zero attached hydrogens (tertiary/aromatic N) is 1. The first-order chi connectivity index (χ1) is 9.37. The molecule has 2 fully saturated rings. The molecule has 7 heteroatoms. The minimum Gasteiger partial charge on any atom is -0.354 e. The summed E-state index contributed by atoms with van der Waals surface area (Å²) in [4.78, 5) is 26.3. The molecule has 0 spiro atoms. The van der Waals surface area contributed by atoms with Gasteiger partial charge in [-0.2, -0.15) is 0 Å². The van der Waals surface area contributed by atoms with Crippen molar-refractivity contribution in [1.29, 1.82) is 0 Å². The summed E-state index contributed by atoms with van der Waals surface area (Å²) in [6, 6.07) is -0.289. The summed E-state index contributed by atoms with van der Waals surface area (Å²) in [5, 5.41) is 6.18. The normalized spacial score (nSPS) is 22.4. The van der Waals surface area contributed by atoms with Crippen LogP contribution in [0, 0.1) is 11.3 Å². The molecule has 0 radical (unpaired) electrons. The Balaban J connectivity index is 0.00000220. The van der Waals surface area contributed by atoms with Gasteiger partial charge in [0.2, 0.25) is 11.8 Å². The van der Waals surface area contributed by atoms with Crippen LogP contribution in [0.5, 0.6) is 0 Å². The molecule has 2 aliphatic heterocycles. The number of thioether (sulfide) groups is 1. The van der Waals surface area contributed by atoms with Crippen LogP contribution in [0.3, 0.4) is 0 Å². The zero-order chi connectivity index (χ0) is 14.8. The number of rotatable bonds is 4. The molecule has 2 heterocycles. The molecule has 5 nitrogen and oxygen atoms in total. The lowest BCUT2D eigenvalue weighted by Gasteiger charge is -2.29. The van der Waals surface area contributed by atoms with E-state index in [1.165, 1.54) is 0 Å². The maximum Gasteiger partial charge on any atom is 0.243 e. The van der Waals surface area contributed by atoms with Crippen LogP contribution in [-0.2, 0) is 9.59 Å². The van der Waals surface area contributed by atoms with E-state index in [9.17, 15) is 9.59 Å². The molecular formula is C14H26ClN3O2S. The van der Waals surface area contributed by atoms with Gasteiger partial charge in [0.05, 0.1) is 5.88 Å². The highest BCUT2D eigenvalue weighted by atomic mass is 35.5. The number of carbonyl (C=O) groups is 2. The van der Waals surface area contributed by atoms with Gasteiger partial charge in [-0.15, -0.1) is 24.2 Å². The van der Waals surface area contributed by atoms with Gasteiger partial charge in [-0.25, -0.2) is 0 Å². The minimum atomic E-state index is -0.289. The van der Waals surface area contributed by atoms with Crippen molar-refractivity contribution in [2.45, 2.75) is 33.2 Å². The first-order valence-electron chi connectivity index (χ1n) is 7.22. The molecule has 1 unspecified atom stereocenters. The predicted octanol–water partition coefficient (Wildman–Crippen LogP) is 1.08. The summed E-state index contributed by atoms with van der Waals surface area (Å²) in [7, 11) is 0. The van der Waals surface area contributed by atoms with E-state index < -0.39 is 0 Å². The van der Waals surface area contributed by atoms with Crippen molar-refractivity contribution in [2.75, 3.05) is 31.3 Å². The molecule has 122 valence electrons. The molecule has 0 bridgehead atoms. The lowest BCUT2D eigenvalue weighted by molar-refractivity contribution is -0.139. The molecule has 2 aliphatic rings. The van der Waals surface area contributed by atoms with Crippen LogP contribution in [0.2, 0.25) is 0 Å². The van der Waals surface area contributed by atoms with E-state index in [4.69, 9.17) is 0 Å². The van der Waals surface area contributed by atoms with Crippen LogP contribution in [0.1, 0.15) is 27.2 Å². The smallest absolute Gasteiger partial charge is 0.243 e. The highest BCUT2D eigenvalue weighted by molar-refractivity contribution is 7.99.